The zero-order valence-electron chi connectivity index (χ0n) is 9.19. The molecule has 0 radical (unpaired) electrons. The highest BCUT2D eigenvalue weighted by atomic mass is 32.1. The van der Waals surface area contributed by atoms with Crippen molar-refractivity contribution in [1.82, 2.24) is 9.36 Å². The quantitative estimate of drug-likeness (QED) is 0.857. The first kappa shape index (κ1) is 10.8. The molecule has 84 valence electrons. The maximum atomic E-state index is 5.52. The normalized spacial score (nSPS) is 21.1. The van der Waals surface area contributed by atoms with Gasteiger partial charge in [-0.1, -0.05) is 13.8 Å². The van der Waals surface area contributed by atoms with E-state index < -0.39 is 0 Å². The maximum absolute atomic E-state index is 5.52. The molecule has 1 saturated heterocycles. The molecule has 1 aromatic heterocycles. The largest absolute Gasteiger partial charge is 0.376 e. The average molecular weight is 227 g/mol. The van der Waals surface area contributed by atoms with E-state index in [0.29, 0.717) is 12.0 Å². The van der Waals surface area contributed by atoms with E-state index in [1.54, 1.807) is 0 Å². The van der Waals surface area contributed by atoms with Crippen LogP contribution in [-0.4, -0.2) is 28.6 Å². The Kier molecular flexibility index (Phi) is 3.53. The Hall–Kier alpha value is -0.680. The molecular formula is C10H17N3OS. The molecule has 15 heavy (non-hydrogen) atoms. The topological polar surface area (TPSA) is 47.0 Å². The van der Waals surface area contributed by atoms with Crippen LogP contribution >= 0.6 is 11.5 Å². The van der Waals surface area contributed by atoms with Crippen molar-refractivity contribution >= 4 is 16.7 Å². The van der Waals surface area contributed by atoms with Crippen LogP contribution in [0.25, 0.3) is 0 Å². The van der Waals surface area contributed by atoms with Gasteiger partial charge in [0.1, 0.15) is 5.82 Å². The highest BCUT2D eigenvalue weighted by Crippen LogP contribution is 2.18. The maximum Gasteiger partial charge on any atom is 0.202 e. The molecule has 0 amide bonds. The molecule has 4 nitrogen and oxygen atoms in total. The van der Waals surface area contributed by atoms with Gasteiger partial charge in [0.2, 0.25) is 5.13 Å². The van der Waals surface area contributed by atoms with E-state index in [1.165, 1.54) is 18.0 Å². The molecule has 1 N–H and O–H groups in total. The summed E-state index contributed by atoms with van der Waals surface area (Å²) in [4.78, 5) is 4.41. The molecule has 1 aliphatic heterocycles. The molecule has 1 aromatic rings. The van der Waals surface area contributed by atoms with Gasteiger partial charge in [-0.3, -0.25) is 0 Å². The molecular weight excluding hydrogens is 210 g/mol. The lowest BCUT2D eigenvalue weighted by Gasteiger charge is -2.08. The Balaban J connectivity index is 1.82. The first-order valence-electron chi connectivity index (χ1n) is 5.45. The number of ether oxygens (including phenoxy) is 1. The Morgan fingerprint density at radius 3 is 3.07 bits per heavy atom. The number of nitrogens with zero attached hydrogens (tertiary/aromatic N) is 2. The lowest BCUT2D eigenvalue weighted by molar-refractivity contribution is 0.120. The van der Waals surface area contributed by atoms with Gasteiger partial charge in [0.25, 0.3) is 0 Å². The molecule has 1 atom stereocenters. The van der Waals surface area contributed by atoms with Crippen LogP contribution in [-0.2, 0) is 4.74 Å². The second-order valence-corrected chi connectivity index (χ2v) is 4.88. The van der Waals surface area contributed by atoms with E-state index in [2.05, 4.69) is 28.5 Å². The van der Waals surface area contributed by atoms with Crippen molar-refractivity contribution in [3.8, 4) is 0 Å². The zero-order chi connectivity index (χ0) is 10.7. The van der Waals surface area contributed by atoms with E-state index >= 15 is 0 Å². The fourth-order valence-corrected chi connectivity index (χ4v) is 2.26. The van der Waals surface area contributed by atoms with Gasteiger partial charge in [-0.2, -0.15) is 4.37 Å². The predicted molar refractivity (Wildman–Crippen MR) is 61.5 cm³/mol. The van der Waals surface area contributed by atoms with Crippen LogP contribution in [0.15, 0.2) is 0 Å². The first-order chi connectivity index (χ1) is 7.25. The van der Waals surface area contributed by atoms with Gasteiger partial charge < -0.3 is 10.1 Å². The molecule has 0 spiro atoms. The van der Waals surface area contributed by atoms with E-state index in [-0.39, 0.29) is 0 Å². The third-order valence-electron chi connectivity index (χ3n) is 2.46. The second-order valence-electron chi connectivity index (χ2n) is 4.13. The van der Waals surface area contributed by atoms with E-state index in [9.17, 15) is 0 Å². The highest BCUT2D eigenvalue weighted by Gasteiger charge is 2.15. The van der Waals surface area contributed by atoms with Crippen LogP contribution in [0.4, 0.5) is 5.13 Å². The third kappa shape index (κ3) is 2.89. The summed E-state index contributed by atoms with van der Waals surface area (Å²) < 4.78 is 9.81. The predicted octanol–water partition coefficient (Wildman–Crippen LogP) is 2.25. The SMILES string of the molecule is CC(C)c1nsc(NC[C@H]2CCCO2)n1. The fraction of sp³-hybridized carbons (Fsp3) is 0.800. The highest BCUT2D eigenvalue weighted by molar-refractivity contribution is 7.09. The minimum absolute atomic E-state index is 0.358. The van der Waals surface area contributed by atoms with E-state index in [4.69, 9.17) is 4.74 Å². The fourth-order valence-electron chi connectivity index (χ4n) is 1.55. The van der Waals surface area contributed by atoms with Crippen molar-refractivity contribution in [1.29, 1.82) is 0 Å². The van der Waals surface area contributed by atoms with Gasteiger partial charge in [0.05, 0.1) is 6.10 Å². The van der Waals surface area contributed by atoms with Crippen molar-refractivity contribution < 1.29 is 4.74 Å². The number of hydrogen-bond acceptors (Lipinski definition) is 5. The summed E-state index contributed by atoms with van der Waals surface area (Å²) in [5, 5.41) is 4.19. The molecule has 0 unspecified atom stereocenters. The molecule has 0 saturated carbocycles. The minimum Gasteiger partial charge on any atom is -0.376 e. The molecule has 5 heteroatoms. The Morgan fingerprint density at radius 1 is 1.60 bits per heavy atom. The summed E-state index contributed by atoms with van der Waals surface area (Å²) >= 11 is 1.43. The summed E-state index contributed by atoms with van der Waals surface area (Å²) in [6, 6.07) is 0. The van der Waals surface area contributed by atoms with Crippen LogP contribution in [0, 0.1) is 0 Å². The van der Waals surface area contributed by atoms with Gasteiger partial charge >= 0.3 is 0 Å². The monoisotopic (exact) mass is 227 g/mol. The van der Waals surface area contributed by atoms with Gasteiger partial charge in [-0.25, -0.2) is 4.98 Å². The molecule has 0 aromatic carbocycles. The molecule has 2 rings (SSSR count). The number of hydrogen-bond donors (Lipinski definition) is 1. The number of nitrogens with one attached hydrogen (secondary N) is 1. The van der Waals surface area contributed by atoms with Gasteiger partial charge in [0, 0.05) is 30.6 Å². The zero-order valence-corrected chi connectivity index (χ0v) is 10.0. The first-order valence-corrected chi connectivity index (χ1v) is 6.22. The van der Waals surface area contributed by atoms with Crippen molar-refractivity contribution in [3.63, 3.8) is 0 Å². The smallest absolute Gasteiger partial charge is 0.202 e. The third-order valence-corrected chi connectivity index (χ3v) is 3.15. The van der Waals surface area contributed by atoms with E-state index in [1.807, 2.05) is 0 Å². The molecule has 0 bridgehead atoms. The minimum atomic E-state index is 0.358. The summed E-state index contributed by atoms with van der Waals surface area (Å²) in [6.45, 7) is 5.96. The van der Waals surface area contributed by atoms with Crippen molar-refractivity contribution in [2.45, 2.75) is 38.7 Å². The summed E-state index contributed by atoms with van der Waals surface area (Å²) in [7, 11) is 0. The number of aromatic nitrogens is 2. The molecule has 2 heterocycles. The molecule has 0 aliphatic carbocycles. The van der Waals surface area contributed by atoms with Crippen LogP contribution in [0.5, 0.6) is 0 Å². The van der Waals surface area contributed by atoms with Crippen LogP contribution in [0.1, 0.15) is 38.4 Å². The lowest BCUT2D eigenvalue weighted by atomic mass is 10.2. The Bertz CT molecular complexity index is 307. The summed E-state index contributed by atoms with van der Waals surface area (Å²) in [6.07, 6.45) is 2.69. The standard InChI is InChI=1S/C10H17N3OS/c1-7(2)9-12-10(15-13-9)11-6-8-4-3-5-14-8/h7-8H,3-6H2,1-2H3,(H,11,12,13)/t8-/m1/s1. The van der Waals surface area contributed by atoms with Crippen LogP contribution in [0.2, 0.25) is 0 Å². The van der Waals surface area contributed by atoms with Crippen molar-refractivity contribution in [3.05, 3.63) is 5.82 Å². The molecule has 1 aliphatic rings. The van der Waals surface area contributed by atoms with Gasteiger partial charge in [-0.15, -0.1) is 0 Å². The van der Waals surface area contributed by atoms with Crippen molar-refractivity contribution in [2.24, 2.45) is 0 Å². The lowest BCUT2D eigenvalue weighted by Crippen LogP contribution is -2.18. The van der Waals surface area contributed by atoms with E-state index in [0.717, 1.165) is 30.5 Å². The summed E-state index contributed by atoms with van der Waals surface area (Å²) in [5.41, 5.74) is 0. The number of anilines is 1. The Morgan fingerprint density at radius 2 is 2.47 bits per heavy atom. The summed E-state index contributed by atoms with van der Waals surface area (Å²) in [5.74, 6) is 1.33. The van der Waals surface area contributed by atoms with Crippen LogP contribution in [0.3, 0.4) is 0 Å². The van der Waals surface area contributed by atoms with Crippen molar-refractivity contribution in [2.75, 3.05) is 18.5 Å². The number of rotatable bonds is 4. The van der Waals surface area contributed by atoms with Gasteiger partial charge in [0.15, 0.2) is 0 Å². The Labute approximate surface area is 94.2 Å². The average Bonchev–Trinajstić information content (AvgIpc) is 2.86. The van der Waals surface area contributed by atoms with Crippen LogP contribution < -0.4 is 5.32 Å². The second kappa shape index (κ2) is 4.90. The van der Waals surface area contributed by atoms with Gasteiger partial charge in [-0.05, 0) is 12.8 Å². The molecule has 1 fully saturated rings.